The van der Waals surface area contributed by atoms with Crippen LogP contribution in [0.5, 0.6) is 5.75 Å². The molecule has 0 heterocycles. The zero-order valence-corrected chi connectivity index (χ0v) is 12.5. The molecule has 1 atom stereocenters. The molecular weight excluding hydrogens is 283 g/mol. The van der Waals surface area contributed by atoms with Crippen molar-refractivity contribution in [2.24, 2.45) is 0 Å². The minimum absolute atomic E-state index is 0.197. The fourth-order valence-electron chi connectivity index (χ4n) is 2.39. The van der Waals surface area contributed by atoms with E-state index in [0.29, 0.717) is 0 Å². The maximum absolute atomic E-state index is 13.8. The van der Waals surface area contributed by atoms with Crippen LogP contribution >= 0.6 is 0 Å². The monoisotopic (exact) mass is 302 g/mol. The highest BCUT2D eigenvalue weighted by molar-refractivity contribution is 5.76. The van der Waals surface area contributed by atoms with Crippen LogP contribution in [-0.2, 0) is 11.2 Å². The molecule has 2 aromatic carbocycles. The van der Waals surface area contributed by atoms with Gasteiger partial charge in [-0.25, -0.2) is 4.39 Å². The number of carboxylic acids is 1. The number of hydrogen-bond acceptors (Lipinski definition) is 2. The van der Waals surface area contributed by atoms with Gasteiger partial charge in [-0.1, -0.05) is 43.3 Å². The molecule has 0 aliphatic rings. The summed E-state index contributed by atoms with van der Waals surface area (Å²) in [5.74, 6) is -1.70. The van der Waals surface area contributed by atoms with E-state index in [9.17, 15) is 14.3 Å². The van der Waals surface area contributed by atoms with Gasteiger partial charge in [0.05, 0.1) is 12.5 Å². The molecule has 2 rings (SSSR count). The average molecular weight is 302 g/mol. The van der Waals surface area contributed by atoms with Crippen molar-refractivity contribution in [3.05, 3.63) is 65.5 Å². The van der Waals surface area contributed by atoms with Gasteiger partial charge in [-0.2, -0.15) is 0 Å². The van der Waals surface area contributed by atoms with Crippen molar-refractivity contribution in [3.63, 3.8) is 0 Å². The second-order valence-corrected chi connectivity index (χ2v) is 5.01. The number of aliphatic carboxylic acids is 1. The number of ether oxygens (including phenoxy) is 1. The SMILES string of the molecule is CCc1ccccc1OCCC(C(=O)O)c1ccccc1F. The van der Waals surface area contributed by atoms with Crippen LogP contribution in [0.25, 0.3) is 0 Å². The fraction of sp³-hybridized carbons (Fsp3) is 0.278. The van der Waals surface area contributed by atoms with Crippen LogP contribution in [0.3, 0.4) is 0 Å². The maximum Gasteiger partial charge on any atom is 0.311 e. The van der Waals surface area contributed by atoms with E-state index >= 15 is 0 Å². The Morgan fingerprint density at radius 2 is 1.86 bits per heavy atom. The van der Waals surface area contributed by atoms with E-state index in [1.807, 2.05) is 31.2 Å². The highest BCUT2D eigenvalue weighted by Gasteiger charge is 2.22. The van der Waals surface area contributed by atoms with Crippen LogP contribution in [0, 0.1) is 5.82 Å². The molecule has 0 fully saturated rings. The molecule has 2 aromatic rings. The van der Waals surface area contributed by atoms with Crippen molar-refractivity contribution in [3.8, 4) is 5.75 Å². The Labute approximate surface area is 129 Å². The highest BCUT2D eigenvalue weighted by Crippen LogP contribution is 2.24. The average Bonchev–Trinajstić information content (AvgIpc) is 2.52. The topological polar surface area (TPSA) is 46.5 Å². The highest BCUT2D eigenvalue weighted by atomic mass is 19.1. The van der Waals surface area contributed by atoms with Crippen molar-refractivity contribution in [2.75, 3.05) is 6.61 Å². The fourth-order valence-corrected chi connectivity index (χ4v) is 2.39. The van der Waals surface area contributed by atoms with Gasteiger partial charge in [0.25, 0.3) is 0 Å². The molecular formula is C18H19FO3. The van der Waals surface area contributed by atoms with E-state index in [2.05, 4.69) is 0 Å². The van der Waals surface area contributed by atoms with Crippen molar-refractivity contribution in [1.82, 2.24) is 0 Å². The zero-order chi connectivity index (χ0) is 15.9. The molecule has 0 saturated heterocycles. The summed E-state index contributed by atoms with van der Waals surface area (Å²) in [5, 5.41) is 9.33. The minimum Gasteiger partial charge on any atom is -0.493 e. The summed E-state index contributed by atoms with van der Waals surface area (Å²) >= 11 is 0. The molecule has 0 aliphatic heterocycles. The Morgan fingerprint density at radius 3 is 2.55 bits per heavy atom. The lowest BCUT2D eigenvalue weighted by Gasteiger charge is -2.15. The number of carboxylic acid groups (broad SMARTS) is 1. The van der Waals surface area contributed by atoms with Gasteiger partial charge in [-0.05, 0) is 30.5 Å². The molecule has 1 unspecified atom stereocenters. The summed E-state index contributed by atoms with van der Waals surface area (Å²) in [6.07, 6.45) is 1.06. The molecule has 0 aromatic heterocycles. The van der Waals surface area contributed by atoms with Crippen LogP contribution in [-0.4, -0.2) is 17.7 Å². The second-order valence-electron chi connectivity index (χ2n) is 5.01. The van der Waals surface area contributed by atoms with Gasteiger partial charge in [-0.3, -0.25) is 4.79 Å². The summed E-state index contributed by atoms with van der Waals surface area (Å²) < 4.78 is 19.4. The Kier molecular flexibility index (Phi) is 5.53. The summed E-state index contributed by atoms with van der Waals surface area (Å²) in [7, 11) is 0. The summed E-state index contributed by atoms with van der Waals surface area (Å²) in [6, 6.07) is 13.6. The van der Waals surface area contributed by atoms with Gasteiger partial charge in [-0.15, -0.1) is 0 Å². The lowest BCUT2D eigenvalue weighted by molar-refractivity contribution is -0.139. The predicted molar refractivity (Wildman–Crippen MR) is 82.7 cm³/mol. The van der Waals surface area contributed by atoms with E-state index in [1.165, 1.54) is 12.1 Å². The van der Waals surface area contributed by atoms with Crippen LogP contribution in [0.2, 0.25) is 0 Å². The van der Waals surface area contributed by atoms with Crippen LogP contribution in [0.1, 0.15) is 30.4 Å². The van der Waals surface area contributed by atoms with E-state index in [4.69, 9.17) is 4.74 Å². The van der Waals surface area contributed by atoms with Gasteiger partial charge in [0.15, 0.2) is 0 Å². The number of para-hydroxylation sites is 1. The predicted octanol–water partition coefficient (Wildman–Crippen LogP) is 4.03. The van der Waals surface area contributed by atoms with E-state index < -0.39 is 17.7 Å². The first-order valence-corrected chi connectivity index (χ1v) is 7.31. The quantitative estimate of drug-likeness (QED) is 0.840. The van der Waals surface area contributed by atoms with E-state index in [-0.39, 0.29) is 18.6 Å². The standard InChI is InChI=1S/C18H19FO3/c1-2-13-7-3-6-10-17(13)22-12-11-15(18(20)21)14-8-4-5-9-16(14)19/h3-10,15H,2,11-12H2,1H3,(H,20,21). The number of hydrogen-bond donors (Lipinski definition) is 1. The van der Waals surface area contributed by atoms with Crippen LogP contribution in [0.4, 0.5) is 4.39 Å². The smallest absolute Gasteiger partial charge is 0.311 e. The molecule has 22 heavy (non-hydrogen) atoms. The normalized spacial score (nSPS) is 11.9. The summed E-state index contributed by atoms with van der Waals surface area (Å²) in [4.78, 5) is 11.4. The van der Waals surface area contributed by atoms with Gasteiger partial charge >= 0.3 is 5.97 Å². The molecule has 0 spiro atoms. The number of carbonyl (C=O) groups is 1. The van der Waals surface area contributed by atoms with Crippen LogP contribution in [0.15, 0.2) is 48.5 Å². The molecule has 0 bridgehead atoms. The molecule has 4 heteroatoms. The third-order valence-electron chi connectivity index (χ3n) is 3.60. The Bertz CT molecular complexity index is 640. The van der Waals surface area contributed by atoms with Gasteiger partial charge < -0.3 is 9.84 Å². The third kappa shape index (κ3) is 3.85. The maximum atomic E-state index is 13.8. The van der Waals surface area contributed by atoms with Crippen molar-refractivity contribution in [1.29, 1.82) is 0 Å². The van der Waals surface area contributed by atoms with Crippen molar-refractivity contribution in [2.45, 2.75) is 25.7 Å². The van der Waals surface area contributed by atoms with Gasteiger partial charge in [0.1, 0.15) is 11.6 Å². The number of aryl methyl sites for hydroxylation is 1. The van der Waals surface area contributed by atoms with Crippen LogP contribution < -0.4 is 4.74 Å². The lowest BCUT2D eigenvalue weighted by Crippen LogP contribution is -2.16. The molecule has 0 amide bonds. The second kappa shape index (κ2) is 7.59. The first-order valence-electron chi connectivity index (χ1n) is 7.31. The van der Waals surface area contributed by atoms with Gasteiger partial charge in [0, 0.05) is 5.56 Å². The molecule has 0 aliphatic carbocycles. The summed E-state index contributed by atoms with van der Waals surface area (Å²) in [5.41, 5.74) is 1.27. The van der Waals surface area contributed by atoms with E-state index in [0.717, 1.165) is 17.7 Å². The molecule has 3 nitrogen and oxygen atoms in total. The first kappa shape index (κ1) is 16.0. The Morgan fingerprint density at radius 1 is 1.18 bits per heavy atom. The number of benzene rings is 2. The Balaban J connectivity index is 2.04. The van der Waals surface area contributed by atoms with E-state index in [1.54, 1.807) is 12.1 Å². The largest absolute Gasteiger partial charge is 0.493 e. The number of rotatable bonds is 7. The third-order valence-corrected chi connectivity index (χ3v) is 3.60. The molecule has 1 N–H and O–H groups in total. The van der Waals surface area contributed by atoms with Crippen molar-refractivity contribution >= 4 is 5.97 Å². The minimum atomic E-state index is -1.04. The number of halogens is 1. The molecule has 0 radical (unpaired) electrons. The van der Waals surface area contributed by atoms with Gasteiger partial charge in [0.2, 0.25) is 0 Å². The Hall–Kier alpha value is -2.36. The zero-order valence-electron chi connectivity index (χ0n) is 12.5. The molecule has 116 valence electrons. The van der Waals surface area contributed by atoms with Crippen molar-refractivity contribution < 1.29 is 19.0 Å². The molecule has 0 saturated carbocycles. The summed E-state index contributed by atoms with van der Waals surface area (Å²) in [6.45, 7) is 2.25. The first-order chi connectivity index (χ1) is 10.6. The lowest BCUT2D eigenvalue weighted by atomic mass is 9.96.